The summed E-state index contributed by atoms with van der Waals surface area (Å²) in [5.74, 6) is -0.223. The molecular formula is C13H15BrN2O2S. The van der Waals surface area contributed by atoms with Crippen molar-refractivity contribution in [3.63, 3.8) is 0 Å². The summed E-state index contributed by atoms with van der Waals surface area (Å²) >= 11 is 7.67. The van der Waals surface area contributed by atoms with E-state index in [-0.39, 0.29) is 11.8 Å². The molecule has 1 aliphatic rings. The lowest BCUT2D eigenvalue weighted by atomic mass is 10.1. The van der Waals surface area contributed by atoms with Crippen LogP contribution in [0.5, 0.6) is 0 Å². The standard InChI is InChI=1S/C13H15BrN2O2S/c1-2-10-12(17)15-5-6-16(10)13(18)9-4-3-8(14)7-11(9)19/h3-4,7,10,19H,2,5-6H2,1H3,(H,15,17). The molecule has 1 fully saturated rings. The number of rotatable bonds is 2. The van der Waals surface area contributed by atoms with Crippen LogP contribution in [0, 0.1) is 0 Å². The summed E-state index contributed by atoms with van der Waals surface area (Å²) in [6.45, 7) is 2.94. The Morgan fingerprint density at radius 1 is 1.58 bits per heavy atom. The van der Waals surface area contributed by atoms with Crippen molar-refractivity contribution in [1.29, 1.82) is 0 Å². The van der Waals surface area contributed by atoms with Crippen LogP contribution in [-0.2, 0) is 4.79 Å². The Hall–Kier alpha value is -1.01. The van der Waals surface area contributed by atoms with Crippen LogP contribution in [0.15, 0.2) is 27.6 Å². The summed E-state index contributed by atoms with van der Waals surface area (Å²) in [7, 11) is 0. The molecule has 1 N–H and O–H groups in total. The van der Waals surface area contributed by atoms with Crippen LogP contribution in [0.4, 0.5) is 0 Å². The van der Waals surface area contributed by atoms with Crippen LogP contribution in [-0.4, -0.2) is 35.8 Å². The van der Waals surface area contributed by atoms with Gasteiger partial charge in [0.15, 0.2) is 0 Å². The van der Waals surface area contributed by atoms with Crippen molar-refractivity contribution >= 4 is 40.4 Å². The van der Waals surface area contributed by atoms with Gasteiger partial charge in [0.2, 0.25) is 5.91 Å². The molecule has 1 atom stereocenters. The molecule has 1 unspecified atom stereocenters. The molecule has 1 saturated heterocycles. The van der Waals surface area contributed by atoms with Gasteiger partial charge in [-0.2, -0.15) is 0 Å². The van der Waals surface area contributed by atoms with Crippen molar-refractivity contribution < 1.29 is 9.59 Å². The van der Waals surface area contributed by atoms with Crippen molar-refractivity contribution in [2.24, 2.45) is 0 Å². The number of hydrogen-bond acceptors (Lipinski definition) is 3. The molecule has 0 aliphatic carbocycles. The SMILES string of the molecule is CCC1C(=O)NCCN1C(=O)c1ccc(Br)cc1S. The number of piperazine rings is 1. The number of hydrogen-bond donors (Lipinski definition) is 2. The van der Waals surface area contributed by atoms with E-state index in [1.165, 1.54) is 0 Å². The molecular weight excluding hydrogens is 328 g/mol. The highest BCUT2D eigenvalue weighted by molar-refractivity contribution is 9.10. The van der Waals surface area contributed by atoms with E-state index in [2.05, 4.69) is 33.9 Å². The minimum Gasteiger partial charge on any atom is -0.353 e. The molecule has 6 heteroatoms. The lowest BCUT2D eigenvalue weighted by Gasteiger charge is -2.34. The van der Waals surface area contributed by atoms with Gasteiger partial charge in [0.1, 0.15) is 6.04 Å². The second-order valence-electron chi connectivity index (χ2n) is 4.38. The molecule has 1 heterocycles. The summed E-state index contributed by atoms with van der Waals surface area (Å²) in [6.07, 6.45) is 0.607. The smallest absolute Gasteiger partial charge is 0.255 e. The van der Waals surface area contributed by atoms with E-state index in [0.29, 0.717) is 30.0 Å². The zero-order valence-corrected chi connectivity index (χ0v) is 13.0. The average Bonchev–Trinajstić information content (AvgIpc) is 2.37. The summed E-state index contributed by atoms with van der Waals surface area (Å²) in [5, 5.41) is 2.78. The van der Waals surface area contributed by atoms with Crippen molar-refractivity contribution in [1.82, 2.24) is 10.2 Å². The Kier molecular flexibility index (Phi) is 4.52. The molecule has 1 aromatic carbocycles. The molecule has 1 aromatic rings. The number of thiol groups is 1. The average molecular weight is 343 g/mol. The van der Waals surface area contributed by atoms with Crippen LogP contribution < -0.4 is 5.32 Å². The number of halogens is 1. The van der Waals surface area contributed by atoms with Gasteiger partial charge >= 0.3 is 0 Å². The third-order valence-electron chi connectivity index (χ3n) is 3.17. The molecule has 19 heavy (non-hydrogen) atoms. The number of amides is 2. The molecule has 1 aliphatic heterocycles. The summed E-state index contributed by atoms with van der Waals surface area (Å²) in [5.41, 5.74) is 0.527. The largest absolute Gasteiger partial charge is 0.353 e. The first-order valence-corrected chi connectivity index (χ1v) is 7.35. The topological polar surface area (TPSA) is 49.4 Å². The Bertz CT molecular complexity index is 521. The highest BCUT2D eigenvalue weighted by Crippen LogP contribution is 2.23. The summed E-state index contributed by atoms with van der Waals surface area (Å²) in [6, 6.07) is 4.92. The monoisotopic (exact) mass is 342 g/mol. The molecule has 0 saturated carbocycles. The maximum atomic E-state index is 12.5. The van der Waals surface area contributed by atoms with E-state index in [0.717, 1.165) is 4.47 Å². The normalized spacial score (nSPS) is 19.2. The first-order chi connectivity index (χ1) is 9.04. The molecule has 4 nitrogen and oxygen atoms in total. The number of benzene rings is 1. The van der Waals surface area contributed by atoms with Gasteiger partial charge in [-0.05, 0) is 24.6 Å². The fourth-order valence-corrected chi connectivity index (χ4v) is 3.05. The Morgan fingerprint density at radius 3 is 2.95 bits per heavy atom. The maximum Gasteiger partial charge on any atom is 0.255 e. The zero-order chi connectivity index (χ0) is 14.0. The number of nitrogens with one attached hydrogen (secondary N) is 1. The van der Waals surface area contributed by atoms with E-state index >= 15 is 0 Å². The van der Waals surface area contributed by atoms with Gasteiger partial charge in [0, 0.05) is 22.5 Å². The second kappa shape index (κ2) is 5.96. The second-order valence-corrected chi connectivity index (χ2v) is 5.77. The van der Waals surface area contributed by atoms with Crippen molar-refractivity contribution in [3.05, 3.63) is 28.2 Å². The van der Waals surface area contributed by atoms with E-state index in [1.54, 1.807) is 23.1 Å². The highest BCUT2D eigenvalue weighted by atomic mass is 79.9. The van der Waals surface area contributed by atoms with E-state index in [1.807, 2.05) is 6.92 Å². The predicted molar refractivity (Wildman–Crippen MR) is 79.5 cm³/mol. The zero-order valence-electron chi connectivity index (χ0n) is 10.5. The number of carbonyl (C=O) groups is 2. The predicted octanol–water partition coefficient (Wildman–Crippen LogP) is 2.09. The van der Waals surface area contributed by atoms with Crippen molar-refractivity contribution in [2.45, 2.75) is 24.3 Å². The summed E-state index contributed by atoms with van der Waals surface area (Å²) in [4.78, 5) is 26.5. The van der Waals surface area contributed by atoms with Gasteiger partial charge in [0.05, 0.1) is 5.56 Å². The van der Waals surface area contributed by atoms with Crippen LogP contribution in [0.1, 0.15) is 23.7 Å². The Morgan fingerprint density at radius 2 is 2.32 bits per heavy atom. The fraction of sp³-hybridized carbons (Fsp3) is 0.385. The minimum atomic E-state index is -0.391. The molecule has 2 amide bonds. The molecule has 0 spiro atoms. The van der Waals surface area contributed by atoms with Gasteiger partial charge in [-0.3, -0.25) is 9.59 Å². The van der Waals surface area contributed by atoms with E-state index in [9.17, 15) is 9.59 Å². The maximum absolute atomic E-state index is 12.5. The minimum absolute atomic E-state index is 0.0834. The van der Waals surface area contributed by atoms with Crippen LogP contribution in [0.25, 0.3) is 0 Å². The quantitative estimate of drug-likeness (QED) is 0.808. The Balaban J connectivity index is 2.29. The number of nitrogens with zero attached hydrogens (tertiary/aromatic N) is 1. The van der Waals surface area contributed by atoms with Gasteiger partial charge in [-0.25, -0.2) is 0 Å². The van der Waals surface area contributed by atoms with Gasteiger partial charge < -0.3 is 10.2 Å². The molecule has 2 rings (SSSR count). The third kappa shape index (κ3) is 2.95. The third-order valence-corrected chi connectivity index (χ3v) is 4.03. The van der Waals surface area contributed by atoms with Crippen LogP contribution in [0.3, 0.4) is 0 Å². The number of carbonyl (C=O) groups excluding carboxylic acids is 2. The molecule has 102 valence electrons. The first kappa shape index (κ1) is 14.4. The summed E-state index contributed by atoms with van der Waals surface area (Å²) < 4.78 is 0.873. The van der Waals surface area contributed by atoms with Crippen molar-refractivity contribution in [2.75, 3.05) is 13.1 Å². The Labute approximate surface area is 126 Å². The van der Waals surface area contributed by atoms with Crippen LogP contribution in [0.2, 0.25) is 0 Å². The fourth-order valence-electron chi connectivity index (χ4n) is 2.20. The van der Waals surface area contributed by atoms with Gasteiger partial charge in [-0.1, -0.05) is 22.9 Å². The van der Waals surface area contributed by atoms with E-state index in [4.69, 9.17) is 0 Å². The lowest BCUT2D eigenvalue weighted by Crippen LogP contribution is -2.56. The van der Waals surface area contributed by atoms with E-state index < -0.39 is 6.04 Å². The lowest BCUT2D eigenvalue weighted by molar-refractivity contribution is -0.127. The highest BCUT2D eigenvalue weighted by Gasteiger charge is 2.32. The van der Waals surface area contributed by atoms with Crippen molar-refractivity contribution in [3.8, 4) is 0 Å². The van der Waals surface area contributed by atoms with Crippen LogP contribution >= 0.6 is 28.6 Å². The first-order valence-electron chi connectivity index (χ1n) is 6.11. The molecule has 0 aromatic heterocycles. The van der Waals surface area contributed by atoms with Gasteiger partial charge in [0.25, 0.3) is 5.91 Å². The van der Waals surface area contributed by atoms with Gasteiger partial charge in [-0.15, -0.1) is 12.6 Å². The molecule has 0 radical (unpaired) electrons. The molecule has 0 bridgehead atoms.